The number of carbonyl (C=O) groups excluding carboxylic acids is 1. The predicted molar refractivity (Wildman–Crippen MR) is 53.8 cm³/mol. The van der Waals surface area contributed by atoms with Gasteiger partial charge in [-0.25, -0.2) is 9.97 Å². The van der Waals surface area contributed by atoms with Crippen LogP contribution in [0, 0.1) is 0 Å². The summed E-state index contributed by atoms with van der Waals surface area (Å²) in [5, 5.41) is 13.6. The van der Waals surface area contributed by atoms with Gasteiger partial charge in [-0.15, -0.1) is 5.10 Å². The number of nitrogens with zero attached hydrogens (tertiary/aromatic N) is 6. The van der Waals surface area contributed by atoms with E-state index >= 15 is 0 Å². The molecule has 1 N–H and O–H groups in total. The number of hydrogen-bond donors (Lipinski definition) is 1. The standard InChI is InChI=1S/C7H6ClN7O/c1-15-13-7(12-14-15)11-6(16)4-2-10-5(8)3-9-4/h2-3H,1H3,(H,11,13,16). The van der Waals surface area contributed by atoms with Crippen LogP contribution in [0.1, 0.15) is 10.5 Å². The molecule has 9 heteroatoms. The zero-order valence-electron chi connectivity index (χ0n) is 8.12. The first-order valence-corrected chi connectivity index (χ1v) is 4.56. The van der Waals surface area contributed by atoms with E-state index < -0.39 is 5.91 Å². The van der Waals surface area contributed by atoms with Crippen LogP contribution < -0.4 is 5.32 Å². The molecule has 0 bridgehead atoms. The Bertz CT molecular complexity index is 508. The van der Waals surface area contributed by atoms with Crippen LogP contribution in [0.4, 0.5) is 5.95 Å². The summed E-state index contributed by atoms with van der Waals surface area (Å²) in [7, 11) is 1.59. The molecule has 0 saturated heterocycles. The van der Waals surface area contributed by atoms with Crippen LogP contribution in [0.5, 0.6) is 0 Å². The Balaban J connectivity index is 2.11. The van der Waals surface area contributed by atoms with Gasteiger partial charge in [0.2, 0.25) is 0 Å². The Morgan fingerprint density at radius 3 is 2.81 bits per heavy atom. The number of rotatable bonds is 2. The Hall–Kier alpha value is -2.09. The van der Waals surface area contributed by atoms with E-state index in [1.54, 1.807) is 7.05 Å². The first-order valence-electron chi connectivity index (χ1n) is 4.18. The van der Waals surface area contributed by atoms with Gasteiger partial charge in [-0.1, -0.05) is 16.7 Å². The van der Waals surface area contributed by atoms with Crippen LogP contribution in [-0.2, 0) is 7.05 Å². The molecule has 0 aliphatic carbocycles. The van der Waals surface area contributed by atoms with E-state index in [1.165, 1.54) is 17.2 Å². The fraction of sp³-hybridized carbons (Fsp3) is 0.143. The van der Waals surface area contributed by atoms with E-state index in [0.717, 1.165) is 0 Å². The molecule has 2 aromatic rings. The van der Waals surface area contributed by atoms with Crippen molar-refractivity contribution in [2.24, 2.45) is 7.05 Å². The van der Waals surface area contributed by atoms with Crippen LogP contribution in [0.2, 0.25) is 5.15 Å². The second-order valence-electron chi connectivity index (χ2n) is 2.78. The maximum Gasteiger partial charge on any atom is 0.278 e. The fourth-order valence-electron chi connectivity index (χ4n) is 0.929. The summed E-state index contributed by atoms with van der Waals surface area (Å²) in [4.78, 5) is 20.3. The van der Waals surface area contributed by atoms with Crippen molar-refractivity contribution in [2.45, 2.75) is 0 Å². The average molecular weight is 240 g/mol. The van der Waals surface area contributed by atoms with E-state index in [4.69, 9.17) is 11.6 Å². The molecule has 0 unspecified atom stereocenters. The van der Waals surface area contributed by atoms with Gasteiger partial charge in [0.25, 0.3) is 11.9 Å². The number of halogens is 1. The Kier molecular flexibility index (Phi) is 2.73. The summed E-state index contributed by atoms with van der Waals surface area (Å²) in [6.07, 6.45) is 2.54. The van der Waals surface area contributed by atoms with Crippen molar-refractivity contribution in [1.29, 1.82) is 0 Å². The topological polar surface area (TPSA) is 98.5 Å². The first-order chi connectivity index (χ1) is 7.65. The van der Waals surface area contributed by atoms with E-state index in [-0.39, 0.29) is 16.8 Å². The zero-order valence-corrected chi connectivity index (χ0v) is 8.88. The molecule has 0 aliphatic rings. The van der Waals surface area contributed by atoms with Crippen molar-refractivity contribution >= 4 is 23.5 Å². The molecule has 0 aliphatic heterocycles. The van der Waals surface area contributed by atoms with Crippen LogP contribution in [-0.4, -0.2) is 36.1 Å². The average Bonchev–Trinajstić information content (AvgIpc) is 2.65. The highest BCUT2D eigenvalue weighted by Gasteiger charge is 2.10. The maximum atomic E-state index is 11.6. The number of nitrogens with one attached hydrogen (secondary N) is 1. The number of anilines is 1. The monoisotopic (exact) mass is 239 g/mol. The number of carbonyl (C=O) groups is 1. The van der Waals surface area contributed by atoms with Gasteiger partial charge in [0.05, 0.1) is 19.4 Å². The first kappa shape index (κ1) is 10.4. The summed E-state index contributed by atoms with van der Waals surface area (Å²) >= 11 is 5.54. The molecule has 2 heterocycles. The summed E-state index contributed by atoms with van der Waals surface area (Å²) in [6.45, 7) is 0. The molecular formula is C7H6ClN7O. The van der Waals surface area contributed by atoms with Gasteiger partial charge < -0.3 is 0 Å². The Morgan fingerprint density at radius 2 is 2.25 bits per heavy atom. The molecule has 0 spiro atoms. The predicted octanol–water partition coefficient (Wildman–Crippen LogP) is -0.0942. The van der Waals surface area contributed by atoms with Crippen LogP contribution in [0.25, 0.3) is 0 Å². The molecule has 2 rings (SSSR count). The second kappa shape index (κ2) is 4.19. The molecule has 0 atom stereocenters. The third-order valence-electron chi connectivity index (χ3n) is 1.59. The van der Waals surface area contributed by atoms with E-state index in [2.05, 4.69) is 30.7 Å². The lowest BCUT2D eigenvalue weighted by molar-refractivity contribution is 0.102. The van der Waals surface area contributed by atoms with Crippen molar-refractivity contribution in [2.75, 3.05) is 5.32 Å². The van der Waals surface area contributed by atoms with Gasteiger partial charge in [0, 0.05) is 0 Å². The lowest BCUT2D eigenvalue weighted by Gasteiger charge is -1.98. The maximum absolute atomic E-state index is 11.6. The minimum Gasteiger partial charge on any atom is -0.286 e. The van der Waals surface area contributed by atoms with Gasteiger partial charge in [-0.3, -0.25) is 10.1 Å². The highest BCUT2D eigenvalue weighted by Crippen LogP contribution is 2.03. The molecular weight excluding hydrogens is 234 g/mol. The lowest BCUT2D eigenvalue weighted by atomic mass is 10.4. The molecule has 1 amide bonds. The molecule has 0 radical (unpaired) electrons. The van der Waals surface area contributed by atoms with E-state index in [1.807, 2.05) is 0 Å². The highest BCUT2D eigenvalue weighted by molar-refractivity contribution is 6.29. The smallest absolute Gasteiger partial charge is 0.278 e. The molecule has 2 aromatic heterocycles. The second-order valence-corrected chi connectivity index (χ2v) is 3.17. The van der Waals surface area contributed by atoms with Gasteiger partial charge >= 0.3 is 0 Å². The normalized spacial score (nSPS) is 10.1. The van der Waals surface area contributed by atoms with Crippen molar-refractivity contribution in [3.63, 3.8) is 0 Å². The number of hydrogen-bond acceptors (Lipinski definition) is 6. The quantitative estimate of drug-likeness (QED) is 0.786. The van der Waals surface area contributed by atoms with Crippen LogP contribution >= 0.6 is 11.6 Å². The molecule has 0 fully saturated rings. The van der Waals surface area contributed by atoms with Gasteiger partial charge in [0.1, 0.15) is 10.8 Å². The van der Waals surface area contributed by atoms with Crippen LogP contribution in [0.3, 0.4) is 0 Å². The third kappa shape index (κ3) is 2.28. The van der Waals surface area contributed by atoms with Gasteiger partial charge in [-0.2, -0.15) is 4.80 Å². The summed E-state index contributed by atoms with van der Waals surface area (Å²) in [6, 6.07) is 0. The number of tetrazole rings is 1. The number of aryl methyl sites for hydroxylation is 1. The SMILES string of the molecule is Cn1nnc(NC(=O)c2cnc(Cl)cn2)n1. The summed E-state index contributed by atoms with van der Waals surface area (Å²) < 4.78 is 0. The van der Waals surface area contributed by atoms with E-state index in [9.17, 15) is 4.79 Å². The number of amides is 1. The van der Waals surface area contributed by atoms with Crippen molar-refractivity contribution in [3.05, 3.63) is 23.2 Å². The summed E-state index contributed by atoms with van der Waals surface area (Å²) in [5.41, 5.74) is 0.122. The van der Waals surface area contributed by atoms with Crippen molar-refractivity contribution < 1.29 is 4.79 Å². The van der Waals surface area contributed by atoms with Gasteiger partial charge in [0.15, 0.2) is 0 Å². The molecule has 82 valence electrons. The highest BCUT2D eigenvalue weighted by atomic mass is 35.5. The molecule has 0 aromatic carbocycles. The molecule has 8 nitrogen and oxygen atoms in total. The van der Waals surface area contributed by atoms with Gasteiger partial charge in [-0.05, 0) is 5.21 Å². The van der Waals surface area contributed by atoms with E-state index in [0.29, 0.717) is 0 Å². The van der Waals surface area contributed by atoms with Crippen molar-refractivity contribution in [1.82, 2.24) is 30.2 Å². The minimum atomic E-state index is -0.475. The molecule has 0 saturated carbocycles. The zero-order chi connectivity index (χ0) is 11.5. The van der Waals surface area contributed by atoms with Crippen LogP contribution in [0.15, 0.2) is 12.4 Å². The number of aromatic nitrogens is 6. The Labute approximate surface area is 94.7 Å². The summed E-state index contributed by atoms with van der Waals surface area (Å²) in [5.74, 6) is -0.374. The molecule has 16 heavy (non-hydrogen) atoms. The largest absolute Gasteiger partial charge is 0.286 e. The minimum absolute atomic E-state index is 0.101. The lowest BCUT2D eigenvalue weighted by Crippen LogP contribution is -2.15. The Morgan fingerprint density at radius 1 is 1.44 bits per heavy atom. The third-order valence-corrected chi connectivity index (χ3v) is 1.78. The fourth-order valence-corrected chi connectivity index (χ4v) is 1.03. The van der Waals surface area contributed by atoms with Crippen molar-refractivity contribution in [3.8, 4) is 0 Å².